The van der Waals surface area contributed by atoms with Crippen molar-refractivity contribution in [2.75, 3.05) is 11.4 Å². The highest BCUT2D eigenvalue weighted by atomic mass is 15.4. The van der Waals surface area contributed by atoms with E-state index in [9.17, 15) is 5.26 Å². The van der Waals surface area contributed by atoms with Gasteiger partial charge in [0.2, 0.25) is 0 Å². The van der Waals surface area contributed by atoms with Crippen molar-refractivity contribution in [3.05, 3.63) is 41.1 Å². The minimum absolute atomic E-state index is 0.562. The summed E-state index contributed by atoms with van der Waals surface area (Å²) >= 11 is 0. The molecular weight excluding hydrogens is 248 g/mol. The highest BCUT2D eigenvalue weighted by Crippen LogP contribution is 2.37. The van der Waals surface area contributed by atoms with Crippen molar-refractivity contribution in [1.82, 2.24) is 9.78 Å². The molecule has 1 aliphatic heterocycles. The molecule has 0 fully saturated rings. The number of hydrogen-bond donors (Lipinski definition) is 0. The van der Waals surface area contributed by atoms with Crippen molar-refractivity contribution >= 4 is 11.5 Å². The van der Waals surface area contributed by atoms with E-state index in [4.69, 9.17) is 0 Å². The summed E-state index contributed by atoms with van der Waals surface area (Å²) < 4.78 is 1.82. The molecule has 20 heavy (non-hydrogen) atoms. The molecular formula is C16H18N4. The number of benzene rings is 1. The van der Waals surface area contributed by atoms with Gasteiger partial charge in [-0.3, -0.25) is 4.68 Å². The second kappa shape index (κ2) is 4.68. The van der Waals surface area contributed by atoms with Gasteiger partial charge in [0.15, 0.2) is 0 Å². The van der Waals surface area contributed by atoms with Gasteiger partial charge in [-0.1, -0.05) is 25.1 Å². The van der Waals surface area contributed by atoms with Crippen LogP contribution in [0, 0.1) is 24.2 Å². The number of anilines is 2. The Morgan fingerprint density at radius 1 is 1.35 bits per heavy atom. The third-order valence-corrected chi connectivity index (χ3v) is 3.90. The van der Waals surface area contributed by atoms with Gasteiger partial charge in [0.05, 0.1) is 5.69 Å². The summed E-state index contributed by atoms with van der Waals surface area (Å²) in [7, 11) is 1.91. The Balaban J connectivity index is 2.19. The first-order valence-corrected chi connectivity index (χ1v) is 6.91. The van der Waals surface area contributed by atoms with Crippen molar-refractivity contribution in [2.45, 2.75) is 20.3 Å². The van der Waals surface area contributed by atoms with Crippen LogP contribution in [0.15, 0.2) is 24.3 Å². The summed E-state index contributed by atoms with van der Waals surface area (Å²) in [5, 5.41) is 13.8. The Labute approximate surface area is 119 Å². The van der Waals surface area contributed by atoms with Crippen molar-refractivity contribution in [3.8, 4) is 6.07 Å². The molecule has 1 aromatic heterocycles. The Bertz CT molecular complexity index is 693. The van der Waals surface area contributed by atoms with E-state index in [1.807, 2.05) is 18.7 Å². The first-order valence-electron chi connectivity index (χ1n) is 6.91. The molecule has 2 aromatic rings. The van der Waals surface area contributed by atoms with E-state index in [2.05, 4.69) is 47.3 Å². The highest BCUT2D eigenvalue weighted by Gasteiger charge is 2.27. The van der Waals surface area contributed by atoms with Crippen LogP contribution in [0.2, 0.25) is 0 Å². The minimum atomic E-state index is 0.562. The molecule has 102 valence electrons. The van der Waals surface area contributed by atoms with Crippen LogP contribution in [0.3, 0.4) is 0 Å². The van der Waals surface area contributed by atoms with Gasteiger partial charge < -0.3 is 4.90 Å². The summed E-state index contributed by atoms with van der Waals surface area (Å²) in [6.07, 6.45) is 1.09. The van der Waals surface area contributed by atoms with Crippen LogP contribution < -0.4 is 4.90 Å². The minimum Gasteiger partial charge on any atom is -0.325 e. The highest BCUT2D eigenvalue weighted by molar-refractivity contribution is 5.70. The second-order valence-electron chi connectivity index (χ2n) is 5.57. The quantitative estimate of drug-likeness (QED) is 0.797. The van der Waals surface area contributed by atoms with Gasteiger partial charge in [0.1, 0.15) is 17.5 Å². The molecule has 0 amide bonds. The fraction of sp³-hybridized carbons (Fsp3) is 0.375. The lowest BCUT2D eigenvalue weighted by atomic mass is 9.93. The third kappa shape index (κ3) is 1.87. The third-order valence-electron chi connectivity index (χ3n) is 3.90. The smallest absolute Gasteiger partial charge is 0.149 e. The van der Waals surface area contributed by atoms with Gasteiger partial charge >= 0.3 is 0 Å². The number of nitrogens with zero attached hydrogens (tertiary/aromatic N) is 4. The van der Waals surface area contributed by atoms with Crippen molar-refractivity contribution in [2.24, 2.45) is 13.0 Å². The van der Waals surface area contributed by atoms with Crippen molar-refractivity contribution in [1.29, 1.82) is 5.26 Å². The summed E-state index contributed by atoms with van der Waals surface area (Å²) in [6.45, 7) is 5.06. The molecule has 1 aliphatic rings. The van der Waals surface area contributed by atoms with Crippen LogP contribution >= 0.6 is 0 Å². The summed E-state index contributed by atoms with van der Waals surface area (Å²) in [5.41, 5.74) is 4.01. The standard InChI is InChI=1S/C16H18N4/c1-11-8-13-6-4-5-7-15(13)20(10-11)16-14(9-17)12(2)18-19(16)3/h4-7,11H,8,10H2,1-3H3. The maximum Gasteiger partial charge on any atom is 0.149 e. The summed E-state index contributed by atoms with van der Waals surface area (Å²) in [5.74, 6) is 1.47. The Morgan fingerprint density at radius 2 is 2.10 bits per heavy atom. The number of rotatable bonds is 1. The molecule has 0 N–H and O–H groups in total. The molecule has 1 aromatic carbocycles. The van der Waals surface area contributed by atoms with Crippen molar-refractivity contribution in [3.63, 3.8) is 0 Å². The van der Waals surface area contributed by atoms with Gasteiger partial charge in [-0.2, -0.15) is 10.4 Å². The van der Waals surface area contributed by atoms with Gasteiger partial charge in [-0.15, -0.1) is 0 Å². The molecule has 4 nitrogen and oxygen atoms in total. The molecule has 2 heterocycles. The maximum absolute atomic E-state index is 9.43. The normalized spacial score (nSPS) is 17.7. The van der Waals surface area contributed by atoms with Crippen LogP contribution in [0.1, 0.15) is 23.7 Å². The monoisotopic (exact) mass is 266 g/mol. The Morgan fingerprint density at radius 3 is 2.85 bits per heavy atom. The Kier molecular flexibility index (Phi) is 2.98. The average molecular weight is 266 g/mol. The van der Waals surface area contributed by atoms with Crippen LogP contribution in [0.25, 0.3) is 0 Å². The molecule has 0 saturated heterocycles. The number of aryl methyl sites for hydroxylation is 2. The zero-order valence-corrected chi connectivity index (χ0v) is 12.1. The van der Waals surface area contributed by atoms with E-state index in [1.165, 1.54) is 11.3 Å². The second-order valence-corrected chi connectivity index (χ2v) is 5.57. The molecule has 0 aliphatic carbocycles. The van der Waals surface area contributed by atoms with Gasteiger partial charge in [0, 0.05) is 19.3 Å². The van der Waals surface area contributed by atoms with E-state index in [0.717, 1.165) is 24.5 Å². The fourth-order valence-corrected chi connectivity index (χ4v) is 3.08. The van der Waals surface area contributed by atoms with Gasteiger partial charge in [-0.05, 0) is 30.9 Å². The fourth-order valence-electron chi connectivity index (χ4n) is 3.08. The number of hydrogen-bond acceptors (Lipinski definition) is 3. The van der Waals surface area contributed by atoms with E-state index in [0.29, 0.717) is 11.5 Å². The molecule has 0 saturated carbocycles. The van der Waals surface area contributed by atoms with Crippen molar-refractivity contribution < 1.29 is 0 Å². The molecule has 0 bridgehead atoms. The summed E-state index contributed by atoms with van der Waals surface area (Å²) in [4.78, 5) is 2.24. The Hall–Kier alpha value is -2.28. The van der Waals surface area contributed by atoms with E-state index in [1.54, 1.807) is 0 Å². The molecule has 4 heteroatoms. The zero-order valence-electron chi connectivity index (χ0n) is 12.1. The molecule has 0 spiro atoms. The first kappa shape index (κ1) is 12.7. The largest absolute Gasteiger partial charge is 0.325 e. The van der Waals surface area contributed by atoms with E-state index in [-0.39, 0.29) is 0 Å². The molecule has 1 unspecified atom stereocenters. The lowest BCUT2D eigenvalue weighted by Gasteiger charge is -2.34. The van der Waals surface area contributed by atoms with Crippen LogP contribution in [-0.4, -0.2) is 16.3 Å². The predicted octanol–water partition coefficient (Wildman–Crippen LogP) is 2.93. The van der Waals surface area contributed by atoms with Gasteiger partial charge in [-0.25, -0.2) is 0 Å². The maximum atomic E-state index is 9.43. The van der Waals surface area contributed by atoms with E-state index < -0.39 is 0 Å². The lowest BCUT2D eigenvalue weighted by Crippen LogP contribution is -2.32. The number of para-hydroxylation sites is 1. The molecule has 3 rings (SSSR count). The lowest BCUT2D eigenvalue weighted by molar-refractivity contribution is 0.553. The SMILES string of the molecule is Cc1nn(C)c(N2CC(C)Cc3ccccc32)c1C#N. The number of aromatic nitrogens is 2. The van der Waals surface area contributed by atoms with Gasteiger partial charge in [0.25, 0.3) is 0 Å². The zero-order chi connectivity index (χ0) is 14.3. The predicted molar refractivity (Wildman–Crippen MR) is 79.0 cm³/mol. The molecule has 1 atom stereocenters. The topological polar surface area (TPSA) is 44.9 Å². The average Bonchev–Trinajstić information content (AvgIpc) is 2.71. The van der Waals surface area contributed by atoms with Crippen LogP contribution in [0.5, 0.6) is 0 Å². The number of nitriles is 1. The van der Waals surface area contributed by atoms with Crippen LogP contribution in [0.4, 0.5) is 11.5 Å². The van der Waals surface area contributed by atoms with Crippen LogP contribution in [-0.2, 0) is 13.5 Å². The van der Waals surface area contributed by atoms with E-state index >= 15 is 0 Å². The first-order chi connectivity index (χ1) is 9.61. The molecule has 0 radical (unpaired) electrons. The summed E-state index contributed by atoms with van der Waals surface area (Å²) in [6, 6.07) is 10.7. The number of fused-ring (bicyclic) bond motifs is 1.